The minimum absolute atomic E-state index is 0.0653. The second-order valence-corrected chi connectivity index (χ2v) is 3.50. The topological polar surface area (TPSA) is 38.3 Å². The van der Waals surface area contributed by atoms with Crippen LogP contribution in [0.5, 0.6) is 0 Å². The van der Waals surface area contributed by atoms with Gasteiger partial charge in [-0.3, -0.25) is 4.79 Å². The predicted octanol–water partition coefficient (Wildman–Crippen LogP) is 1.47. The minimum Gasteiger partial charge on any atom is -0.368 e. The van der Waals surface area contributed by atoms with Gasteiger partial charge in [0.05, 0.1) is 0 Å². The van der Waals surface area contributed by atoms with Gasteiger partial charge in [0, 0.05) is 13.2 Å². The van der Waals surface area contributed by atoms with Crippen molar-refractivity contribution >= 4 is 5.91 Å². The molecule has 1 aliphatic heterocycles. The second-order valence-electron chi connectivity index (χ2n) is 3.50. The summed E-state index contributed by atoms with van der Waals surface area (Å²) in [6.07, 6.45) is 5.47. The van der Waals surface area contributed by atoms with E-state index < -0.39 is 0 Å². The number of rotatable bonds is 6. The number of nitrogens with one attached hydrogen (secondary N) is 1. The van der Waals surface area contributed by atoms with Crippen LogP contribution >= 0.6 is 0 Å². The van der Waals surface area contributed by atoms with E-state index in [1.165, 1.54) is 19.3 Å². The van der Waals surface area contributed by atoms with Crippen molar-refractivity contribution in [2.75, 3.05) is 13.2 Å². The van der Waals surface area contributed by atoms with Crippen LogP contribution in [0, 0.1) is 0 Å². The first kappa shape index (κ1) is 10.5. The molecule has 1 N–H and O–H groups in total. The Balaban J connectivity index is 1.96. The van der Waals surface area contributed by atoms with E-state index in [-0.39, 0.29) is 12.0 Å². The zero-order chi connectivity index (χ0) is 9.52. The van der Waals surface area contributed by atoms with Crippen molar-refractivity contribution < 1.29 is 9.53 Å². The molecule has 0 aromatic rings. The van der Waals surface area contributed by atoms with Crippen molar-refractivity contribution in [2.24, 2.45) is 0 Å². The quantitative estimate of drug-likeness (QED) is 0.636. The maximum absolute atomic E-state index is 11.1. The molecule has 1 rings (SSSR count). The molecule has 0 radical (unpaired) electrons. The molecule has 1 unspecified atom stereocenters. The van der Waals surface area contributed by atoms with E-state index in [0.717, 1.165) is 26.0 Å². The lowest BCUT2D eigenvalue weighted by molar-refractivity contribution is -0.129. The Morgan fingerprint density at radius 2 is 2.31 bits per heavy atom. The summed E-state index contributed by atoms with van der Waals surface area (Å²) in [7, 11) is 0. The van der Waals surface area contributed by atoms with Crippen LogP contribution in [0.3, 0.4) is 0 Å². The van der Waals surface area contributed by atoms with Crippen LogP contribution in [-0.4, -0.2) is 25.2 Å². The third-order valence-corrected chi connectivity index (χ3v) is 2.32. The van der Waals surface area contributed by atoms with E-state index in [1.54, 1.807) is 0 Å². The molecule has 1 fully saturated rings. The molecule has 1 saturated heterocycles. The summed E-state index contributed by atoms with van der Waals surface area (Å²) in [5, 5.41) is 2.76. The third-order valence-electron chi connectivity index (χ3n) is 2.32. The van der Waals surface area contributed by atoms with E-state index in [4.69, 9.17) is 4.74 Å². The van der Waals surface area contributed by atoms with Gasteiger partial charge in [0.2, 0.25) is 5.91 Å². The average Bonchev–Trinajstić information content (AvgIpc) is 2.52. The molecule has 1 heterocycles. The number of amides is 1. The number of carbonyl (C=O) groups excluding carboxylic acids is 1. The van der Waals surface area contributed by atoms with Crippen molar-refractivity contribution in [1.29, 1.82) is 0 Å². The van der Waals surface area contributed by atoms with Crippen molar-refractivity contribution in [2.45, 2.75) is 45.1 Å². The van der Waals surface area contributed by atoms with E-state index in [2.05, 4.69) is 12.2 Å². The Kier molecular flexibility index (Phi) is 4.83. The molecule has 1 atom stereocenters. The summed E-state index contributed by atoms with van der Waals surface area (Å²) in [5.41, 5.74) is 0. The van der Waals surface area contributed by atoms with Crippen LogP contribution in [0.25, 0.3) is 0 Å². The zero-order valence-electron chi connectivity index (χ0n) is 8.34. The minimum atomic E-state index is -0.165. The summed E-state index contributed by atoms with van der Waals surface area (Å²) in [4.78, 5) is 11.1. The van der Waals surface area contributed by atoms with Crippen LogP contribution in [0.4, 0.5) is 0 Å². The molecule has 0 aromatic carbocycles. The molecule has 13 heavy (non-hydrogen) atoms. The molecule has 76 valence electrons. The fraction of sp³-hybridized carbons (Fsp3) is 0.900. The van der Waals surface area contributed by atoms with Gasteiger partial charge in [0.15, 0.2) is 0 Å². The highest BCUT2D eigenvalue weighted by molar-refractivity contribution is 5.82. The van der Waals surface area contributed by atoms with Crippen molar-refractivity contribution in [3.05, 3.63) is 0 Å². The largest absolute Gasteiger partial charge is 0.368 e. The molecule has 0 aromatic heterocycles. The first-order valence-corrected chi connectivity index (χ1v) is 5.24. The van der Waals surface area contributed by atoms with Crippen LogP contribution in [0.2, 0.25) is 0 Å². The molecule has 3 nitrogen and oxygen atoms in total. The number of ether oxygens (including phenoxy) is 1. The fourth-order valence-electron chi connectivity index (χ4n) is 1.48. The molecule has 0 aliphatic carbocycles. The summed E-state index contributed by atoms with van der Waals surface area (Å²) in [6.45, 7) is 3.70. The molecule has 0 spiro atoms. The monoisotopic (exact) mass is 185 g/mol. The number of hydrogen-bond acceptors (Lipinski definition) is 2. The Bertz CT molecular complexity index is 159. The normalized spacial score (nSPS) is 21.9. The predicted molar refractivity (Wildman–Crippen MR) is 51.5 cm³/mol. The van der Waals surface area contributed by atoms with Gasteiger partial charge < -0.3 is 10.1 Å². The Morgan fingerprint density at radius 3 is 2.92 bits per heavy atom. The van der Waals surface area contributed by atoms with Crippen LogP contribution in [0.1, 0.15) is 39.0 Å². The Morgan fingerprint density at radius 1 is 1.46 bits per heavy atom. The van der Waals surface area contributed by atoms with E-state index in [1.807, 2.05) is 0 Å². The van der Waals surface area contributed by atoms with Gasteiger partial charge in [-0.1, -0.05) is 26.2 Å². The first-order chi connectivity index (χ1) is 6.34. The van der Waals surface area contributed by atoms with E-state index in [9.17, 15) is 4.79 Å². The first-order valence-electron chi connectivity index (χ1n) is 5.24. The van der Waals surface area contributed by atoms with Gasteiger partial charge in [-0.25, -0.2) is 0 Å². The van der Waals surface area contributed by atoms with Gasteiger partial charge in [0.1, 0.15) is 6.10 Å². The SMILES string of the molecule is CCCCCCOC1CCNC1=O. The van der Waals surface area contributed by atoms with Gasteiger partial charge in [-0.05, 0) is 12.8 Å². The lowest BCUT2D eigenvalue weighted by Crippen LogP contribution is -2.25. The number of hydrogen-bond donors (Lipinski definition) is 1. The maximum atomic E-state index is 11.1. The van der Waals surface area contributed by atoms with Gasteiger partial charge in [-0.15, -0.1) is 0 Å². The van der Waals surface area contributed by atoms with Gasteiger partial charge in [0.25, 0.3) is 0 Å². The standard InChI is InChI=1S/C10H19NO2/c1-2-3-4-5-8-13-9-6-7-11-10(9)12/h9H,2-8H2,1H3,(H,11,12). The summed E-state index contributed by atoms with van der Waals surface area (Å²) >= 11 is 0. The maximum Gasteiger partial charge on any atom is 0.249 e. The smallest absolute Gasteiger partial charge is 0.249 e. The highest BCUT2D eigenvalue weighted by Crippen LogP contribution is 2.06. The van der Waals surface area contributed by atoms with E-state index >= 15 is 0 Å². The second kappa shape index (κ2) is 5.97. The lowest BCUT2D eigenvalue weighted by Gasteiger charge is -2.08. The third kappa shape index (κ3) is 3.77. The molecule has 3 heteroatoms. The summed E-state index contributed by atoms with van der Waals surface area (Å²) in [5.74, 6) is 0.0653. The molecular weight excluding hydrogens is 166 g/mol. The van der Waals surface area contributed by atoms with E-state index in [0.29, 0.717) is 0 Å². The van der Waals surface area contributed by atoms with Crippen LogP contribution in [0.15, 0.2) is 0 Å². The highest BCUT2D eigenvalue weighted by atomic mass is 16.5. The fourth-order valence-corrected chi connectivity index (χ4v) is 1.48. The zero-order valence-corrected chi connectivity index (χ0v) is 8.34. The Labute approximate surface area is 79.8 Å². The Hall–Kier alpha value is -0.570. The van der Waals surface area contributed by atoms with Crippen molar-refractivity contribution in [1.82, 2.24) is 5.32 Å². The molecule has 0 saturated carbocycles. The summed E-state index contributed by atoms with van der Waals surface area (Å²) in [6, 6.07) is 0. The highest BCUT2D eigenvalue weighted by Gasteiger charge is 2.23. The molecular formula is C10H19NO2. The van der Waals surface area contributed by atoms with Gasteiger partial charge >= 0.3 is 0 Å². The van der Waals surface area contributed by atoms with Crippen LogP contribution < -0.4 is 5.32 Å². The van der Waals surface area contributed by atoms with Crippen molar-refractivity contribution in [3.63, 3.8) is 0 Å². The van der Waals surface area contributed by atoms with Crippen LogP contribution in [-0.2, 0) is 9.53 Å². The number of carbonyl (C=O) groups is 1. The van der Waals surface area contributed by atoms with Crippen molar-refractivity contribution in [3.8, 4) is 0 Å². The lowest BCUT2D eigenvalue weighted by atomic mass is 10.2. The molecule has 1 amide bonds. The number of unbranched alkanes of at least 4 members (excludes halogenated alkanes) is 3. The van der Waals surface area contributed by atoms with Gasteiger partial charge in [-0.2, -0.15) is 0 Å². The molecule has 1 aliphatic rings. The molecule has 0 bridgehead atoms. The summed E-state index contributed by atoms with van der Waals surface area (Å²) < 4.78 is 5.45. The average molecular weight is 185 g/mol.